The number of quaternary nitrogens is 1. The molecule has 0 saturated heterocycles. The number of carbonyl (C=O) groups excluding carboxylic acids is 3. The summed E-state index contributed by atoms with van der Waals surface area (Å²) in [5.41, 5.74) is 0. The summed E-state index contributed by atoms with van der Waals surface area (Å²) in [6.45, 7) is 4.50. The van der Waals surface area contributed by atoms with Crippen LogP contribution in [0.4, 0.5) is 0 Å². The topological polar surface area (TPSA) is 111 Å². The number of aliphatic carboxylic acids is 1. The van der Waals surface area contributed by atoms with Crippen molar-refractivity contribution in [3.63, 3.8) is 0 Å². The standard InChI is InChI=1S/C49H81NO8/c1-6-8-10-12-14-15-16-17-18-19-20-21-22-23-24-25-26-27-28-29-30-31-32-33-34-36-38-40-47(52)58-45(43-56-46(51)39-37-35-13-11-9-7-2)44-57-49(48(53)54)55-42-41-50(3,4)5/h8,10,14-15,17-18,20-21,23-24,26-27,29-30,45,49H,6-7,9,11-13,16,19,22,25,28,31-44H2,1-5H3/b10-8-,15-14-,18-17-,21-20-,24-23-,27-26-,30-29-. The highest BCUT2D eigenvalue weighted by Gasteiger charge is 2.21. The van der Waals surface area contributed by atoms with Crippen molar-refractivity contribution in [3.8, 4) is 0 Å². The van der Waals surface area contributed by atoms with Gasteiger partial charge in [0, 0.05) is 12.8 Å². The molecule has 0 N–H and O–H groups in total. The summed E-state index contributed by atoms with van der Waals surface area (Å²) >= 11 is 0. The number of likely N-dealkylation sites (N-methyl/N-ethyl adjacent to an activating group) is 1. The Hall–Kier alpha value is -3.53. The van der Waals surface area contributed by atoms with Crippen LogP contribution in [0, 0.1) is 0 Å². The van der Waals surface area contributed by atoms with Crippen molar-refractivity contribution in [3.05, 3.63) is 85.1 Å². The average Bonchev–Trinajstić information content (AvgIpc) is 3.18. The molecule has 0 fully saturated rings. The van der Waals surface area contributed by atoms with Crippen LogP contribution >= 0.6 is 0 Å². The number of carbonyl (C=O) groups is 3. The minimum absolute atomic E-state index is 0.139. The molecule has 330 valence electrons. The minimum atomic E-state index is -1.63. The highest BCUT2D eigenvalue weighted by Crippen LogP contribution is 2.12. The van der Waals surface area contributed by atoms with Crippen molar-refractivity contribution >= 4 is 17.9 Å². The molecular weight excluding hydrogens is 731 g/mol. The van der Waals surface area contributed by atoms with E-state index in [0.717, 1.165) is 109 Å². The molecule has 0 aromatic rings. The fourth-order valence-corrected chi connectivity index (χ4v) is 5.45. The van der Waals surface area contributed by atoms with Crippen LogP contribution in [-0.4, -0.2) is 82.3 Å². The molecule has 9 heteroatoms. The number of carboxylic acids is 1. The van der Waals surface area contributed by atoms with E-state index in [4.69, 9.17) is 18.9 Å². The van der Waals surface area contributed by atoms with E-state index >= 15 is 0 Å². The van der Waals surface area contributed by atoms with Gasteiger partial charge in [-0.3, -0.25) is 9.59 Å². The van der Waals surface area contributed by atoms with Gasteiger partial charge >= 0.3 is 11.9 Å². The van der Waals surface area contributed by atoms with Gasteiger partial charge in [0.05, 0.1) is 40.3 Å². The first kappa shape index (κ1) is 54.5. The van der Waals surface area contributed by atoms with Gasteiger partial charge in [0.1, 0.15) is 13.2 Å². The Morgan fingerprint density at radius 2 is 0.983 bits per heavy atom. The fourth-order valence-electron chi connectivity index (χ4n) is 5.45. The molecule has 0 aromatic heterocycles. The lowest BCUT2D eigenvalue weighted by Gasteiger charge is -2.26. The molecule has 2 unspecified atom stereocenters. The van der Waals surface area contributed by atoms with E-state index in [9.17, 15) is 19.5 Å². The summed E-state index contributed by atoms with van der Waals surface area (Å²) in [5, 5.41) is 11.6. The summed E-state index contributed by atoms with van der Waals surface area (Å²) in [7, 11) is 5.88. The molecule has 0 heterocycles. The maximum atomic E-state index is 12.7. The second-order valence-corrected chi connectivity index (χ2v) is 15.6. The first-order chi connectivity index (χ1) is 28.1. The summed E-state index contributed by atoms with van der Waals surface area (Å²) < 4.78 is 22.4. The lowest BCUT2D eigenvalue weighted by molar-refractivity contribution is -0.870. The Labute approximate surface area is 353 Å². The van der Waals surface area contributed by atoms with Crippen molar-refractivity contribution < 1.29 is 42.9 Å². The highest BCUT2D eigenvalue weighted by molar-refractivity contribution is 5.70. The lowest BCUT2D eigenvalue weighted by Crippen LogP contribution is -2.44. The minimum Gasteiger partial charge on any atom is -0.545 e. The number of allylic oxidation sites excluding steroid dienone is 14. The van der Waals surface area contributed by atoms with E-state index in [1.165, 1.54) is 6.42 Å². The molecule has 0 aliphatic heterocycles. The summed E-state index contributed by atoms with van der Waals surface area (Å²) in [6.07, 6.45) is 47.9. The first-order valence-corrected chi connectivity index (χ1v) is 22.2. The van der Waals surface area contributed by atoms with Crippen molar-refractivity contribution in [1.29, 1.82) is 0 Å². The summed E-state index contributed by atoms with van der Waals surface area (Å²) in [6, 6.07) is 0. The van der Waals surface area contributed by atoms with E-state index in [0.29, 0.717) is 17.4 Å². The molecule has 0 radical (unpaired) electrons. The predicted octanol–water partition coefficient (Wildman–Crippen LogP) is 10.4. The van der Waals surface area contributed by atoms with Crippen molar-refractivity contribution in [1.82, 2.24) is 0 Å². The van der Waals surface area contributed by atoms with Crippen LogP contribution in [0.3, 0.4) is 0 Å². The van der Waals surface area contributed by atoms with Gasteiger partial charge in [0.15, 0.2) is 12.4 Å². The molecule has 0 amide bonds. The number of nitrogens with zero attached hydrogens (tertiary/aromatic N) is 1. The van der Waals surface area contributed by atoms with Crippen molar-refractivity contribution in [2.75, 3.05) is 47.5 Å². The van der Waals surface area contributed by atoms with E-state index in [-0.39, 0.29) is 38.6 Å². The van der Waals surface area contributed by atoms with E-state index in [1.54, 1.807) is 0 Å². The highest BCUT2D eigenvalue weighted by atomic mass is 16.7. The molecule has 58 heavy (non-hydrogen) atoms. The van der Waals surface area contributed by atoms with Crippen LogP contribution in [0.5, 0.6) is 0 Å². The van der Waals surface area contributed by atoms with Gasteiger partial charge in [-0.1, -0.05) is 150 Å². The van der Waals surface area contributed by atoms with E-state index < -0.39 is 24.3 Å². The third kappa shape index (κ3) is 40.7. The molecule has 0 spiro atoms. The average molecular weight is 812 g/mol. The SMILES string of the molecule is CC/C=C\C/C=C\C/C=C\C/C=C\C/C=C\C/C=C\C/C=C\CCCCCCCC(=O)OC(COC(=O)CCCCCCCC)COC(OCC[N+](C)(C)C)C(=O)[O-]. The van der Waals surface area contributed by atoms with E-state index in [2.05, 4.69) is 98.9 Å². The third-order valence-electron chi connectivity index (χ3n) is 8.91. The number of unbranched alkanes of at least 4 members (excludes halogenated alkanes) is 10. The Balaban J connectivity index is 4.30. The normalized spacial score (nSPS) is 13.7. The molecule has 0 saturated carbocycles. The second kappa shape index (κ2) is 40.3. The molecule has 9 nitrogen and oxygen atoms in total. The maximum Gasteiger partial charge on any atom is 0.306 e. The fraction of sp³-hybridized carbons (Fsp3) is 0.653. The quantitative estimate of drug-likeness (QED) is 0.0198. The van der Waals surface area contributed by atoms with Crippen LogP contribution in [0.25, 0.3) is 0 Å². The van der Waals surface area contributed by atoms with Crippen LogP contribution in [0.1, 0.15) is 149 Å². The van der Waals surface area contributed by atoms with Gasteiger partial charge in [-0.15, -0.1) is 0 Å². The Bertz CT molecular complexity index is 1220. The third-order valence-corrected chi connectivity index (χ3v) is 8.91. The zero-order valence-electron chi connectivity index (χ0n) is 37.1. The molecule has 2 atom stereocenters. The van der Waals surface area contributed by atoms with Gasteiger partial charge in [0.2, 0.25) is 0 Å². The van der Waals surface area contributed by atoms with Crippen LogP contribution in [0.2, 0.25) is 0 Å². The molecule has 0 rings (SSSR count). The van der Waals surface area contributed by atoms with Crippen molar-refractivity contribution in [2.45, 2.75) is 161 Å². The molecule has 0 aromatic carbocycles. The Morgan fingerprint density at radius 3 is 1.47 bits per heavy atom. The summed E-state index contributed by atoms with van der Waals surface area (Å²) in [5.74, 6) is -2.34. The number of hydrogen-bond donors (Lipinski definition) is 0. The number of rotatable bonds is 39. The smallest absolute Gasteiger partial charge is 0.306 e. The zero-order chi connectivity index (χ0) is 42.8. The van der Waals surface area contributed by atoms with Crippen molar-refractivity contribution in [2.24, 2.45) is 0 Å². The lowest BCUT2D eigenvalue weighted by atomic mass is 10.1. The van der Waals surface area contributed by atoms with Gasteiger partial charge in [-0.2, -0.15) is 0 Å². The number of hydrogen-bond acceptors (Lipinski definition) is 8. The zero-order valence-corrected chi connectivity index (χ0v) is 37.1. The predicted molar refractivity (Wildman–Crippen MR) is 237 cm³/mol. The number of ether oxygens (including phenoxy) is 4. The Morgan fingerprint density at radius 1 is 0.534 bits per heavy atom. The molecule has 0 aliphatic rings. The van der Waals surface area contributed by atoms with Gasteiger partial charge in [-0.25, -0.2) is 0 Å². The van der Waals surface area contributed by atoms with E-state index in [1.807, 2.05) is 21.1 Å². The molecule has 0 bridgehead atoms. The first-order valence-electron chi connectivity index (χ1n) is 22.2. The van der Waals surface area contributed by atoms with Crippen LogP contribution in [-0.2, 0) is 33.3 Å². The number of esters is 2. The molecular formula is C49H81NO8. The van der Waals surface area contributed by atoms with Crippen LogP contribution in [0.15, 0.2) is 85.1 Å². The largest absolute Gasteiger partial charge is 0.545 e. The molecule has 0 aliphatic carbocycles. The van der Waals surface area contributed by atoms with Crippen LogP contribution < -0.4 is 5.11 Å². The monoisotopic (exact) mass is 812 g/mol. The summed E-state index contributed by atoms with van der Waals surface area (Å²) in [4.78, 5) is 36.7. The van der Waals surface area contributed by atoms with Gasteiger partial charge in [-0.05, 0) is 70.6 Å². The van der Waals surface area contributed by atoms with Gasteiger partial charge < -0.3 is 33.3 Å². The Kier molecular flexibility index (Phi) is 37.8. The number of carboxylic acid groups (broad SMARTS) is 1. The maximum absolute atomic E-state index is 12.7. The second-order valence-electron chi connectivity index (χ2n) is 15.6. The van der Waals surface area contributed by atoms with Gasteiger partial charge in [0.25, 0.3) is 0 Å².